The second-order valence-corrected chi connectivity index (χ2v) is 27.8. The van der Waals surface area contributed by atoms with E-state index in [-0.39, 0.29) is 90.4 Å². The van der Waals surface area contributed by atoms with E-state index in [9.17, 15) is 48.6 Å². The number of carboxylic acid groups (broad SMARTS) is 1. The van der Waals surface area contributed by atoms with Gasteiger partial charge in [0.15, 0.2) is 0 Å². The van der Waals surface area contributed by atoms with Crippen LogP contribution in [0.15, 0.2) is 90.2 Å². The van der Waals surface area contributed by atoms with Crippen LogP contribution in [0.5, 0.6) is 0 Å². The first-order chi connectivity index (χ1) is 50.3. The number of benzene rings is 3. The molecular formula is C73H95ClN16O15. The van der Waals surface area contributed by atoms with E-state index >= 15 is 24.0 Å². The number of amides is 12. The number of nitrogens with one attached hydrogen (secondary N) is 9. The molecule has 11 N–H and O–H groups in total. The standard InChI is InChI=1S/C73H95ClN16O15/c1-7-9-21-52-65(96)82-54(32-45-36-77-51-23-13-11-20-49(45)51)67(98)84-56(40-91)69(100)88(26-8-2)39-62(93)86(5)59(30-43-17-14-18-46(74)29-43)72(103)87(6)60(33-47-37-75-41-78-47)71(102)85(4)38-63(94)89-27-15-24-57(89)68(99)83-55(70(101)90-28-16-25-58(90)73(104)105)34-61(92)79-42(3)64(95)81-53(66(97)80-52)31-44-35-76-50-22-12-10-19-48(44)50/h10-14,17-20,22-23,29,35-36,41-42,47,52-60,76-77,91H,7-9,15-16,21,24-28,30-34,37-40H2,1-6H3,(H,75,78)(H,79,92)(H,80,97)(H,81,95)(H,82,96)(H,83,99)(H,84,98)(H,104,105)/t42-,47?,52-,53-,54-,55-,56-,57?,58-,59-,60-/m0/s1. The maximum absolute atomic E-state index is 15.4. The number of rotatable bonds is 16. The van der Waals surface area contributed by atoms with Gasteiger partial charge in [0.25, 0.3) is 0 Å². The molecule has 3 saturated heterocycles. The topological polar surface area (TPSA) is 410 Å². The van der Waals surface area contributed by atoms with Gasteiger partial charge in [-0.1, -0.05) is 86.8 Å². The van der Waals surface area contributed by atoms with Crippen molar-refractivity contribution in [2.45, 2.75) is 171 Å². The minimum atomic E-state index is -1.75. The third-order valence-corrected chi connectivity index (χ3v) is 20.1. The van der Waals surface area contributed by atoms with Gasteiger partial charge in [-0.05, 0) is 86.4 Å². The monoisotopic (exact) mass is 1470 g/mol. The summed E-state index contributed by atoms with van der Waals surface area (Å²) in [5.41, 5.74) is 3.04. The van der Waals surface area contributed by atoms with Crippen molar-refractivity contribution in [1.29, 1.82) is 0 Å². The van der Waals surface area contributed by atoms with Gasteiger partial charge < -0.3 is 86.8 Å². The number of aliphatic carboxylic acids is 1. The van der Waals surface area contributed by atoms with Crippen LogP contribution in [0.1, 0.15) is 102 Å². The Morgan fingerprint density at radius 1 is 0.629 bits per heavy atom. The minimum absolute atomic E-state index is 0.0170. The SMILES string of the molecule is CCCC[C@@H]1NC(=O)[C@H](Cc2c[nH]c3ccccc23)NC(=O)[C@H](C)NC(=O)C[C@@H](C(=O)N2CCC[C@H]2C(=O)O)NC(=O)C2CCCN2C(=O)CN(C)C(=O)[C@H](CC2CNC=N2)N(C)C(=O)[C@H](Cc2cccc(Cl)c2)N(C)C(=O)CN(CCC)C(=O)[C@H](CO)NC(=O)[C@H](Cc2c[nH]c3ccccc23)NC1=O. The molecule has 105 heavy (non-hydrogen) atoms. The fourth-order valence-electron chi connectivity index (χ4n) is 14.0. The Morgan fingerprint density at radius 2 is 1.25 bits per heavy atom. The highest BCUT2D eigenvalue weighted by atomic mass is 35.5. The molecule has 4 aliphatic heterocycles. The van der Waals surface area contributed by atoms with Crippen LogP contribution in [-0.2, 0) is 81.6 Å². The van der Waals surface area contributed by atoms with Gasteiger partial charge in [0.05, 0.1) is 38.5 Å². The molecule has 5 aromatic rings. The maximum atomic E-state index is 15.4. The lowest BCUT2D eigenvalue weighted by molar-refractivity contribution is -0.152. The highest BCUT2D eigenvalue weighted by Crippen LogP contribution is 2.26. The molecule has 6 heterocycles. The zero-order chi connectivity index (χ0) is 75.8. The summed E-state index contributed by atoms with van der Waals surface area (Å²) in [7, 11) is 4.07. The fourth-order valence-corrected chi connectivity index (χ4v) is 14.2. The Morgan fingerprint density at radius 3 is 1.86 bits per heavy atom. The Hall–Kier alpha value is -10.4. The number of carbonyl (C=O) groups excluding carboxylic acids is 12. The fraction of sp³-hybridized carbons (Fsp3) is 0.507. The number of hydrogen-bond donors (Lipinski definition) is 11. The van der Waals surface area contributed by atoms with Gasteiger partial charge in [-0.15, -0.1) is 0 Å². The van der Waals surface area contributed by atoms with E-state index in [2.05, 4.69) is 52.2 Å². The van der Waals surface area contributed by atoms with E-state index in [0.29, 0.717) is 56.4 Å². The number of halogens is 1. The normalized spacial score (nSPS) is 25.4. The number of aromatic nitrogens is 2. The number of likely N-dealkylation sites (N-methyl/N-ethyl adjacent to an activating group) is 3. The Labute approximate surface area is 612 Å². The van der Waals surface area contributed by atoms with E-state index < -0.39 is 169 Å². The van der Waals surface area contributed by atoms with Crippen LogP contribution in [-0.4, -0.2) is 266 Å². The number of unbranched alkanes of at least 4 members (excludes halogenated alkanes) is 1. The number of aromatic amines is 2. The average Bonchev–Trinajstić information content (AvgIpc) is 1.81. The smallest absolute Gasteiger partial charge is 0.326 e. The van der Waals surface area contributed by atoms with E-state index in [1.807, 2.05) is 19.1 Å². The third kappa shape index (κ3) is 19.7. The number of para-hydroxylation sites is 2. The molecule has 0 saturated carbocycles. The zero-order valence-electron chi connectivity index (χ0n) is 59.9. The van der Waals surface area contributed by atoms with Crippen molar-refractivity contribution in [2.24, 2.45) is 4.99 Å². The van der Waals surface area contributed by atoms with Crippen molar-refractivity contribution in [3.63, 3.8) is 0 Å². The van der Waals surface area contributed by atoms with E-state index in [1.54, 1.807) is 80.0 Å². The van der Waals surface area contributed by atoms with Gasteiger partial charge in [-0.2, -0.15) is 0 Å². The molecule has 11 atom stereocenters. The number of likely N-dealkylation sites (tertiary alicyclic amines) is 1. The summed E-state index contributed by atoms with van der Waals surface area (Å²) in [5, 5.41) is 42.1. The first-order valence-electron chi connectivity index (χ1n) is 35.7. The van der Waals surface area contributed by atoms with Crippen molar-refractivity contribution in [3.05, 3.63) is 107 Å². The lowest BCUT2D eigenvalue weighted by Crippen LogP contribution is -2.61. The van der Waals surface area contributed by atoms with Crippen LogP contribution >= 0.6 is 11.6 Å². The van der Waals surface area contributed by atoms with Gasteiger partial charge in [-0.3, -0.25) is 62.5 Å². The molecule has 0 spiro atoms. The molecule has 12 amide bonds. The summed E-state index contributed by atoms with van der Waals surface area (Å²) < 4.78 is 0. The van der Waals surface area contributed by atoms with Crippen LogP contribution in [0.3, 0.4) is 0 Å². The molecule has 0 aliphatic carbocycles. The van der Waals surface area contributed by atoms with Crippen molar-refractivity contribution in [3.8, 4) is 0 Å². The molecule has 9 rings (SSSR count). The molecule has 31 nitrogen and oxygen atoms in total. The second kappa shape index (κ2) is 36.3. The Kier molecular flexibility index (Phi) is 27.2. The van der Waals surface area contributed by atoms with Crippen molar-refractivity contribution in [2.75, 3.05) is 67.0 Å². The number of nitrogens with zero attached hydrogens (tertiary/aromatic N) is 7. The van der Waals surface area contributed by atoms with E-state index in [1.165, 1.54) is 44.2 Å². The molecule has 564 valence electrons. The van der Waals surface area contributed by atoms with Gasteiger partial charge >= 0.3 is 5.97 Å². The molecule has 0 bridgehead atoms. The van der Waals surface area contributed by atoms with Gasteiger partial charge in [0.1, 0.15) is 60.4 Å². The van der Waals surface area contributed by atoms with Crippen molar-refractivity contribution >= 4 is 117 Å². The number of aliphatic imine (C=N–C) groups is 1. The molecular weight excluding hydrogens is 1380 g/mol. The van der Waals surface area contributed by atoms with Crippen LogP contribution in [0, 0.1) is 0 Å². The maximum Gasteiger partial charge on any atom is 0.326 e. The van der Waals surface area contributed by atoms with Gasteiger partial charge in [0, 0.05) is 112 Å². The first-order valence-corrected chi connectivity index (χ1v) is 36.1. The van der Waals surface area contributed by atoms with Crippen LogP contribution in [0.2, 0.25) is 5.02 Å². The van der Waals surface area contributed by atoms with Gasteiger partial charge in [-0.25, -0.2) is 4.79 Å². The quantitative estimate of drug-likeness (QED) is 0.0646. The highest BCUT2D eigenvalue weighted by molar-refractivity contribution is 6.30. The number of carbonyl (C=O) groups is 13. The molecule has 3 fully saturated rings. The van der Waals surface area contributed by atoms with E-state index in [4.69, 9.17) is 11.6 Å². The average molecular weight is 1470 g/mol. The zero-order valence-corrected chi connectivity index (χ0v) is 60.6. The summed E-state index contributed by atoms with van der Waals surface area (Å²) >= 11 is 6.49. The minimum Gasteiger partial charge on any atom is -0.480 e. The summed E-state index contributed by atoms with van der Waals surface area (Å²) in [4.78, 5) is 208. The number of carboxylic acids is 1. The lowest BCUT2D eigenvalue weighted by atomic mass is 10.00. The number of aliphatic hydroxyl groups excluding tert-OH is 1. The molecule has 2 unspecified atom stereocenters. The number of aliphatic hydroxyl groups is 1. The number of fused-ring (bicyclic) bond motifs is 3. The Bertz CT molecular complexity index is 4070. The summed E-state index contributed by atoms with van der Waals surface area (Å²) in [6, 6.07) is 5.78. The second-order valence-electron chi connectivity index (χ2n) is 27.4. The van der Waals surface area contributed by atoms with E-state index in [0.717, 1.165) is 19.6 Å². The predicted molar refractivity (Wildman–Crippen MR) is 387 cm³/mol. The van der Waals surface area contributed by atoms with Crippen molar-refractivity contribution < 1.29 is 72.5 Å². The Balaban J connectivity index is 1.09. The number of hydrogen-bond acceptors (Lipinski definition) is 16. The van der Waals surface area contributed by atoms with Crippen LogP contribution < -0.4 is 37.2 Å². The molecule has 0 radical (unpaired) electrons. The largest absolute Gasteiger partial charge is 0.480 e. The molecule has 2 aromatic heterocycles. The highest BCUT2D eigenvalue weighted by Gasteiger charge is 2.44. The molecule has 3 aromatic carbocycles. The van der Waals surface area contributed by atoms with Crippen LogP contribution in [0.4, 0.5) is 0 Å². The summed E-state index contributed by atoms with van der Waals surface area (Å²) in [6.07, 6.45) is 5.24. The lowest BCUT2D eigenvalue weighted by Gasteiger charge is -2.37. The summed E-state index contributed by atoms with van der Waals surface area (Å²) in [6.45, 7) is 2.78. The summed E-state index contributed by atoms with van der Waals surface area (Å²) in [5.74, 6) is -11.5. The van der Waals surface area contributed by atoms with Gasteiger partial charge in [0.2, 0.25) is 70.9 Å². The van der Waals surface area contributed by atoms with Crippen molar-refractivity contribution in [1.82, 2.24) is 76.6 Å². The molecule has 32 heteroatoms. The first kappa shape index (κ1) is 78.7. The predicted octanol–water partition coefficient (Wildman–Crippen LogP) is 0.653. The van der Waals surface area contributed by atoms with Crippen LogP contribution in [0.25, 0.3) is 21.8 Å². The number of H-pyrrole nitrogens is 2. The third-order valence-electron chi connectivity index (χ3n) is 19.9. The molecule has 4 aliphatic rings.